The van der Waals surface area contributed by atoms with Gasteiger partial charge in [-0.1, -0.05) is 12.1 Å². The number of amides is 1. The molecule has 0 bridgehead atoms. The third kappa shape index (κ3) is 2.56. The van der Waals surface area contributed by atoms with Gasteiger partial charge < -0.3 is 10.2 Å². The van der Waals surface area contributed by atoms with Crippen LogP contribution in [-0.4, -0.2) is 12.5 Å². The van der Waals surface area contributed by atoms with Crippen molar-refractivity contribution in [2.75, 3.05) is 16.8 Å². The topological polar surface area (TPSA) is 32.3 Å². The molecule has 108 valence electrons. The summed E-state index contributed by atoms with van der Waals surface area (Å²) >= 11 is 0. The van der Waals surface area contributed by atoms with E-state index < -0.39 is 11.7 Å². The highest BCUT2D eigenvalue weighted by atomic mass is 19.4. The Morgan fingerprint density at radius 1 is 1.00 bits per heavy atom. The first-order chi connectivity index (χ1) is 9.95. The highest BCUT2D eigenvalue weighted by Gasteiger charge is 2.30. The number of nitrogens with one attached hydrogen (secondary N) is 1. The predicted molar refractivity (Wildman–Crippen MR) is 73.5 cm³/mol. The first-order valence-electron chi connectivity index (χ1n) is 6.29. The molecule has 1 heterocycles. The van der Waals surface area contributed by atoms with E-state index in [0.717, 1.165) is 17.8 Å². The van der Waals surface area contributed by atoms with Crippen molar-refractivity contribution in [3.05, 3.63) is 54.1 Å². The molecule has 1 aliphatic heterocycles. The standard InChI is InChI=1S/C15H11F3N2O/c16-15(17,18)10-5-7-11(8-6-10)20-9-14(21)19-12-3-1-2-4-13(12)20/h1-8H,9H2,(H,19,21). The second kappa shape index (κ2) is 4.80. The van der Waals surface area contributed by atoms with Gasteiger partial charge in [0.25, 0.3) is 0 Å². The van der Waals surface area contributed by atoms with Crippen LogP contribution < -0.4 is 10.2 Å². The van der Waals surface area contributed by atoms with Gasteiger partial charge in [-0.25, -0.2) is 0 Å². The summed E-state index contributed by atoms with van der Waals surface area (Å²) < 4.78 is 37.8. The monoisotopic (exact) mass is 292 g/mol. The number of rotatable bonds is 1. The van der Waals surface area contributed by atoms with Crippen LogP contribution in [0.15, 0.2) is 48.5 Å². The molecular formula is C15H11F3N2O. The molecule has 6 heteroatoms. The molecule has 3 rings (SSSR count). The van der Waals surface area contributed by atoms with E-state index in [1.165, 1.54) is 12.1 Å². The van der Waals surface area contributed by atoms with Gasteiger partial charge >= 0.3 is 6.18 Å². The average Bonchev–Trinajstić information content (AvgIpc) is 2.45. The zero-order chi connectivity index (χ0) is 15.0. The first-order valence-corrected chi connectivity index (χ1v) is 6.29. The molecule has 21 heavy (non-hydrogen) atoms. The summed E-state index contributed by atoms with van der Waals surface area (Å²) in [7, 11) is 0. The van der Waals surface area contributed by atoms with E-state index in [2.05, 4.69) is 5.32 Å². The summed E-state index contributed by atoms with van der Waals surface area (Å²) in [6.45, 7) is 0.0718. The lowest BCUT2D eigenvalue weighted by molar-refractivity contribution is -0.137. The van der Waals surface area contributed by atoms with E-state index in [0.29, 0.717) is 11.4 Å². The normalized spacial score (nSPS) is 14.6. The second-order valence-electron chi connectivity index (χ2n) is 4.70. The average molecular weight is 292 g/mol. The van der Waals surface area contributed by atoms with Crippen molar-refractivity contribution in [1.29, 1.82) is 0 Å². The molecule has 0 unspecified atom stereocenters. The number of hydrogen-bond acceptors (Lipinski definition) is 2. The molecule has 1 aliphatic rings. The number of carbonyl (C=O) groups is 1. The number of fused-ring (bicyclic) bond motifs is 1. The van der Waals surface area contributed by atoms with Crippen molar-refractivity contribution in [1.82, 2.24) is 0 Å². The Kier molecular flexibility index (Phi) is 3.08. The quantitative estimate of drug-likeness (QED) is 0.867. The Labute approximate surface area is 119 Å². The lowest BCUT2D eigenvalue weighted by Crippen LogP contribution is -2.34. The Bertz CT molecular complexity index is 680. The predicted octanol–water partition coefficient (Wildman–Crippen LogP) is 3.80. The van der Waals surface area contributed by atoms with Gasteiger partial charge in [-0.05, 0) is 36.4 Å². The Morgan fingerprint density at radius 2 is 1.67 bits per heavy atom. The van der Waals surface area contributed by atoms with Crippen LogP contribution in [0.4, 0.5) is 30.2 Å². The lowest BCUT2D eigenvalue weighted by Gasteiger charge is -2.31. The zero-order valence-corrected chi connectivity index (χ0v) is 10.8. The number of alkyl halides is 3. The molecule has 3 nitrogen and oxygen atoms in total. The largest absolute Gasteiger partial charge is 0.416 e. The zero-order valence-electron chi connectivity index (χ0n) is 10.8. The molecular weight excluding hydrogens is 281 g/mol. The summed E-state index contributed by atoms with van der Waals surface area (Å²) in [5.41, 5.74) is 1.25. The molecule has 2 aromatic carbocycles. The molecule has 0 spiro atoms. The van der Waals surface area contributed by atoms with E-state index in [1.54, 1.807) is 17.0 Å². The molecule has 1 amide bonds. The molecule has 0 aliphatic carbocycles. The third-order valence-electron chi connectivity index (χ3n) is 3.28. The number of anilines is 3. The number of nitrogens with zero attached hydrogens (tertiary/aromatic N) is 1. The van der Waals surface area contributed by atoms with Crippen molar-refractivity contribution in [3.8, 4) is 0 Å². The van der Waals surface area contributed by atoms with E-state index in [-0.39, 0.29) is 12.5 Å². The molecule has 1 N–H and O–H groups in total. The van der Waals surface area contributed by atoms with Gasteiger partial charge in [-0.2, -0.15) is 13.2 Å². The van der Waals surface area contributed by atoms with Gasteiger partial charge in [0.2, 0.25) is 5.91 Å². The van der Waals surface area contributed by atoms with E-state index >= 15 is 0 Å². The van der Waals surface area contributed by atoms with Gasteiger partial charge in [0.15, 0.2) is 0 Å². The minimum absolute atomic E-state index is 0.0718. The smallest absolute Gasteiger partial charge is 0.330 e. The van der Waals surface area contributed by atoms with Crippen molar-refractivity contribution < 1.29 is 18.0 Å². The third-order valence-corrected chi connectivity index (χ3v) is 3.28. The van der Waals surface area contributed by atoms with E-state index in [9.17, 15) is 18.0 Å². The van der Waals surface area contributed by atoms with Crippen molar-refractivity contribution in [2.45, 2.75) is 6.18 Å². The highest BCUT2D eigenvalue weighted by Crippen LogP contribution is 2.36. The van der Waals surface area contributed by atoms with Crippen LogP contribution in [0.2, 0.25) is 0 Å². The summed E-state index contributed by atoms with van der Waals surface area (Å²) in [4.78, 5) is 13.4. The molecule has 0 saturated heterocycles. The van der Waals surface area contributed by atoms with Gasteiger partial charge in [0.1, 0.15) is 6.54 Å². The van der Waals surface area contributed by atoms with Crippen molar-refractivity contribution in [2.24, 2.45) is 0 Å². The Balaban J connectivity index is 1.99. The van der Waals surface area contributed by atoms with Crippen LogP contribution in [0, 0.1) is 0 Å². The summed E-state index contributed by atoms with van der Waals surface area (Å²) in [6.07, 6.45) is -4.37. The van der Waals surface area contributed by atoms with E-state index in [4.69, 9.17) is 0 Å². The van der Waals surface area contributed by atoms with Crippen LogP contribution in [0.25, 0.3) is 0 Å². The van der Waals surface area contributed by atoms with Crippen LogP contribution in [0.3, 0.4) is 0 Å². The van der Waals surface area contributed by atoms with Gasteiger partial charge in [-0.15, -0.1) is 0 Å². The number of halogens is 3. The fraction of sp³-hybridized carbons (Fsp3) is 0.133. The highest BCUT2D eigenvalue weighted by molar-refractivity contribution is 6.03. The Hall–Kier alpha value is -2.50. The minimum Gasteiger partial charge on any atom is -0.330 e. The number of benzene rings is 2. The number of carbonyl (C=O) groups excluding carboxylic acids is 1. The molecule has 0 aromatic heterocycles. The van der Waals surface area contributed by atoms with Crippen LogP contribution in [0.5, 0.6) is 0 Å². The van der Waals surface area contributed by atoms with Crippen LogP contribution in [0.1, 0.15) is 5.56 Å². The summed E-state index contributed by atoms with van der Waals surface area (Å²) in [6, 6.07) is 11.9. The maximum atomic E-state index is 12.6. The maximum Gasteiger partial charge on any atom is 0.416 e. The first kappa shape index (κ1) is 13.5. The molecule has 0 fully saturated rings. The van der Waals surface area contributed by atoms with Gasteiger partial charge in [0.05, 0.1) is 16.9 Å². The van der Waals surface area contributed by atoms with Crippen molar-refractivity contribution >= 4 is 23.0 Å². The molecule has 0 radical (unpaired) electrons. The summed E-state index contributed by atoms with van der Waals surface area (Å²) in [5, 5.41) is 2.73. The molecule has 2 aromatic rings. The number of para-hydroxylation sites is 2. The van der Waals surface area contributed by atoms with Crippen molar-refractivity contribution in [3.63, 3.8) is 0 Å². The minimum atomic E-state index is -4.37. The molecule has 0 saturated carbocycles. The Morgan fingerprint density at radius 3 is 2.33 bits per heavy atom. The van der Waals surface area contributed by atoms with Gasteiger partial charge in [0, 0.05) is 5.69 Å². The number of hydrogen-bond donors (Lipinski definition) is 1. The fourth-order valence-electron chi connectivity index (χ4n) is 2.29. The molecule has 0 atom stereocenters. The maximum absolute atomic E-state index is 12.6. The van der Waals surface area contributed by atoms with Gasteiger partial charge in [-0.3, -0.25) is 4.79 Å². The summed E-state index contributed by atoms with van der Waals surface area (Å²) in [5.74, 6) is -0.200. The van der Waals surface area contributed by atoms with Crippen LogP contribution >= 0.6 is 0 Å². The van der Waals surface area contributed by atoms with Crippen LogP contribution in [-0.2, 0) is 11.0 Å². The van der Waals surface area contributed by atoms with E-state index in [1.807, 2.05) is 12.1 Å². The lowest BCUT2D eigenvalue weighted by atomic mass is 10.1. The fourth-order valence-corrected chi connectivity index (χ4v) is 2.29. The SMILES string of the molecule is O=C1CN(c2ccc(C(F)(F)F)cc2)c2ccccc2N1. The second-order valence-corrected chi connectivity index (χ2v) is 4.70.